The van der Waals surface area contributed by atoms with Crippen LogP contribution in [-0.4, -0.2) is 49.6 Å². The topological polar surface area (TPSA) is 57.6 Å². The lowest BCUT2D eigenvalue weighted by Crippen LogP contribution is -2.39. The molecular weight excluding hydrogens is 293 g/mol. The molecule has 1 fully saturated rings. The number of hydrogen-bond acceptors (Lipinski definition) is 4. The van der Waals surface area contributed by atoms with E-state index in [1.165, 1.54) is 6.07 Å². The SMILES string of the molecule is O=S1(=O)CCN(Cc2ccc(C#CCCO)cc2F)CC1. The fourth-order valence-electron chi connectivity index (χ4n) is 2.12. The highest BCUT2D eigenvalue weighted by Gasteiger charge is 2.22. The molecule has 0 radical (unpaired) electrons. The van der Waals surface area contributed by atoms with E-state index in [9.17, 15) is 12.8 Å². The molecule has 1 saturated heterocycles. The maximum atomic E-state index is 14.0. The monoisotopic (exact) mass is 311 g/mol. The number of nitrogens with zero attached hydrogens (tertiary/aromatic N) is 1. The second-order valence-electron chi connectivity index (χ2n) is 5.01. The van der Waals surface area contributed by atoms with Crippen molar-refractivity contribution in [2.75, 3.05) is 31.2 Å². The van der Waals surface area contributed by atoms with Crippen LogP contribution in [0.4, 0.5) is 4.39 Å². The summed E-state index contributed by atoms with van der Waals surface area (Å²) in [5, 5.41) is 8.64. The predicted octanol–water partition coefficient (Wildman–Crippen LogP) is 0.790. The molecule has 0 bridgehead atoms. The number of hydrogen-bond donors (Lipinski definition) is 1. The van der Waals surface area contributed by atoms with Gasteiger partial charge in [0.05, 0.1) is 18.1 Å². The second kappa shape index (κ2) is 7.03. The molecular formula is C15H18FNO3S. The molecule has 1 heterocycles. The van der Waals surface area contributed by atoms with Gasteiger partial charge >= 0.3 is 0 Å². The Labute approximate surface area is 124 Å². The summed E-state index contributed by atoms with van der Waals surface area (Å²) in [5.41, 5.74) is 1.12. The maximum absolute atomic E-state index is 14.0. The van der Waals surface area contributed by atoms with E-state index in [-0.39, 0.29) is 23.9 Å². The van der Waals surface area contributed by atoms with Gasteiger partial charge in [0.2, 0.25) is 0 Å². The van der Waals surface area contributed by atoms with E-state index in [2.05, 4.69) is 11.8 Å². The summed E-state index contributed by atoms with van der Waals surface area (Å²) in [6, 6.07) is 4.80. The Bertz CT molecular complexity index is 647. The van der Waals surface area contributed by atoms with Crippen molar-refractivity contribution < 1.29 is 17.9 Å². The third-order valence-electron chi connectivity index (χ3n) is 3.35. The van der Waals surface area contributed by atoms with Crippen molar-refractivity contribution >= 4 is 9.84 Å². The summed E-state index contributed by atoms with van der Waals surface area (Å²) in [6.07, 6.45) is 0.367. The van der Waals surface area contributed by atoms with Crippen LogP contribution < -0.4 is 0 Å². The summed E-state index contributed by atoms with van der Waals surface area (Å²) < 4.78 is 36.7. The van der Waals surface area contributed by atoms with Gasteiger partial charge in [0, 0.05) is 37.2 Å². The fraction of sp³-hybridized carbons (Fsp3) is 0.467. The van der Waals surface area contributed by atoms with Crippen LogP contribution in [0, 0.1) is 17.7 Å². The third kappa shape index (κ3) is 4.81. The lowest BCUT2D eigenvalue weighted by Gasteiger charge is -2.26. The average Bonchev–Trinajstić information content (AvgIpc) is 2.44. The summed E-state index contributed by atoms with van der Waals surface area (Å²) in [7, 11) is -2.91. The second-order valence-corrected chi connectivity index (χ2v) is 7.31. The van der Waals surface area contributed by atoms with Gasteiger partial charge in [-0.2, -0.15) is 0 Å². The van der Waals surface area contributed by atoms with E-state index < -0.39 is 9.84 Å². The van der Waals surface area contributed by atoms with Gasteiger partial charge in [-0.25, -0.2) is 12.8 Å². The highest BCUT2D eigenvalue weighted by atomic mass is 32.2. The molecule has 0 atom stereocenters. The van der Waals surface area contributed by atoms with Crippen molar-refractivity contribution in [2.45, 2.75) is 13.0 Å². The van der Waals surface area contributed by atoms with E-state index in [1.807, 2.05) is 4.90 Å². The molecule has 0 aliphatic carbocycles. The number of aliphatic hydroxyl groups is 1. The normalized spacial score (nSPS) is 18.0. The zero-order chi connectivity index (χ0) is 15.3. The van der Waals surface area contributed by atoms with Gasteiger partial charge in [-0.1, -0.05) is 17.9 Å². The molecule has 1 aromatic rings. The fourth-order valence-corrected chi connectivity index (χ4v) is 3.40. The molecule has 0 saturated carbocycles. The summed E-state index contributed by atoms with van der Waals surface area (Å²) in [4.78, 5) is 1.94. The molecule has 0 unspecified atom stereocenters. The molecule has 21 heavy (non-hydrogen) atoms. The minimum absolute atomic E-state index is 0.00850. The average molecular weight is 311 g/mol. The van der Waals surface area contributed by atoms with Crippen LogP contribution in [0.25, 0.3) is 0 Å². The number of benzene rings is 1. The molecule has 4 nitrogen and oxygen atoms in total. The standard InChI is InChI=1S/C15H18FNO3S/c16-15-11-13(3-1-2-8-18)4-5-14(15)12-17-6-9-21(19,20)10-7-17/h4-5,11,18H,2,6-10,12H2. The Morgan fingerprint density at radius 2 is 2.00 bits per heavy atom. The zero-order valence-electron chi connectivity index (χ0n) is 11.7. The number of rotatable bonds is 3. The quantitative estimate of drug-likeness (QED) is 0.839. The van der Waals surface area contributed by atoms with Gasteiger partial charge in [0.1, 0.15) is 5.82 Å². The van der Waals surface area contributed by atoms with Crippen molar-refractivity contribution in [1.29, 1.82) is 0 Å². The smallest absolute Gasteiger partial charge is 0.152 e. The molecule has 1 aliphatic rings. The molecule has 1 N–H and O–H groups in total. The van der Waals surface area contributed by atoms with Crippen molar-refractivity contribution in [3.63, 3.8) is 0 Å². The van der Waals surface area contributed by atoms with E-state index in [0.29, 0.717) is 37.2 Å². The van der Waals surface area contributed by atoms with Crippen LogP contribution in [-0.2, 0) is 16.4 Å². The van der Waals surface area contributed by atoms with E-state index >= 15 is 0 Å². The highest BCUT2D eigenvalue weighted by molar-refractivity contribution is 7.91. The molecule has 6 heteroatoms. The first-order valence-corrected chi connectivity index (χ1v) is 8.63. The summed E-state index contributed by atoms with van der Waals surface area (Å²) >= 11 is 0. The van der Waals surface area contributed by atoms with E-state index in [0.717, 1.165) is 0 Å². The van der Waals surface area contributed by atoms with Crippen LogP contribution in [0.15, 0.2) is 18.2 Å². The van der Waals surface area contributed by atoms with Crippen LogP contribution in [0.1, 0.15) is 17.5 Å². The van der Waals surface area contributed by atoms with Gasteiger partial charge in [-0.15, -0.1) is 0 Å². The molecule has 0 spiro atoms. The van der Waals surface area contributed by atoms with Crippen LogP contribution >= 0.6 is 0 Å². The first kappa shape index (κ1) is 16.0. The van der Waals surface area contributed by atoms with Crippen molar-refractivity contribution in [2.24, 2.45) is 0 Å². The van der Waals surface area contributed by atoms with Gasteiger partial charge in [-0.3, -0.25) is 4.90 Å². The lowest BCUT2D eigenvalue weighted by molar-refractivity contribution is 0.283. The molecule has 0 amide bonds. The highest BCUT2D eigenvalue weighted by Crippen LogP contribution is 2.14. The van der Waals surface area contributed by atoms with Gasteiger partial charge in [-0.05, 0) is 12.1 Å². The largest absolute Gasteiger partial charge is 0.395 e. The number of sulfone groups is 1. The Kier molecular flexibility index (Phi) is 5.34. The molecule has 0 aromatic heterocycles. The van der Waals surface area contributed by atoms with Gasteiger partial charge in [0.15, 0.2) is 9.84 Å². The van der Waals surface area contributed by atoms with Crippen LogP contribution in [0.5, 0.6) is 0 Å². The van der Waals surface area contributed by atoms with Crippen LogP contribution in [0.3, 0.4) is 0 Å². The molecule has 2 rings (SSSR count). The van der Waals surface area contributed by atoms with Crippen molar-refractivity contribution in [3.05, 3.63) is 35.1 Å². The summed E-state index contributed by atoms with van der Waals surface area (Å²) in [5.74, 6) is 5.47. The van der Waals surface area contributed by atoms with Gasteiger partial charge in [0.25, 0.3) is 0 Å². The van der Waals surface area contributed by atoms with Crippen molar-refractivity contribution in [1.82, 2.24) is 4.90 Å². The number of halogens is 1. The maximum Gasteiger partial charge on any atom is 0.152 e. The van der Waals surface area contributed by atoms with E-state index in [4.69, 9.17) is 5.11 Å². The summed E-state index contributed by atoms with van der Waals surface area (Å²) in [6.45, 7) is 1.29. The van der Waals surface area contributed by atoms with E-state index in [1.54, 1.807) is 12.1 Å². The Morgan fingerprint density at radius 3 is 2.62 bits per heavy atom. The van der Waals surface area contributed by atoms with Crippen molar-refractivity contribution in [3.8, 4) is 11.8 Å². The van der Waals surface area contributed by atoms with Crippen LogP contribution in [0.2, 0.25) is 0 Å². The zero-order valence-corrected chi connectivity index (χ0v) is 12.5. The lowest BCUT2D eigenvalue weighted by atomic mass is 10.1. The first-order valence-electron chi connectivity index (χ1n) is 6.81. The first-order chi connectivity index (χ1) is 10.00. The Balaban J connectivity index is 2.00. The Hall–Kier alpha value is -1.42. The molecule has 1 aromatic carbocycles. The molecule has 1 aliphatic heterocycles. The predicted molar refractivity (Wildman–Crippen MR) is 78.9 cm³/mol. The van der Waals surface area contributed by atoms with Gasteiger partial charge < -0.3 is 5.11 Å². The Morgan fingerprint density at radius 1 is 1.29 bits per heavy atom. The third-order valence-corrected chi connectivity index (χ3v) is 4.96. The molecule has 114 valence electrons. The number of aliphatic hydroxyl groups excluding tert-OH is 1. The minimum Gasteiger partial charge on any atom is -0.395 e. The minimum atomic E-state index is -2.91.